The lowest BCUT2D eigenvalue weighted by atomic mass is 10.1. The number of esters is 1. The zero-order valence-electron chi connectivity index (χ0n) is 23.3. The lowest BCUT2D eigenvalue weighted by Gasteiger charge is -2.20. The summed E-state index contributed by atoms with van der Waals surface area (Å²) in [5.41, 5.74) is 3.32. The van der Waals surface area contributed by atoms with E-state index in [2.05, 4.69) is 5.32 Å². The second-order valence-electron chi connectivity index (χ2n) is 9.36. The van der Waals surface area contributed by atoms with Crippen LogP contribution in [-0.2, 0) is 21.3 Å². The van der Waals surface area contributed by atoms with E-state index in [1.807, 2.05) is 61.5 Å². The number of rotatable bonds is 10. The van der Waals surface area contributed by atoms with Crippen LogP contribution in [0.25, 0.3) is 20.8 Å². The molecule has 2 aromatic heterocycles. The predicted molar refractivity (Wildman–Crippen MR) is 168 cm³/mol. The van der Waals surface area contributed by atoms with Gasteiger partial charge in [0.1, 0.15) is 14.9 Å². The maximum absolute atomic E-state index is 13.4. The van der Waals surface area contributed by atoms with Gasteiger partial charge in [-0.2, -0.15) is 4.31 Å². The molecule has 0 unspecified atom stereocenters. The molecule has 5 aromatic rings. The van der Waals surface area contributed by atoms with Crippen LogP contribution in [-0.4, -0.2) is 42.7 Å². The summed E-state index contributed by atoms with van der Waals surface area (Å²) in [5.74, 6) is -0.900. The second kappa shape index (κ2) is 12.5. The number of amides is 1. The molecule has 0 aliphatic carbocycles. The number of fused-ring (bicyclic) bond motifs is 1. The van der Waals surface area contributed by atoms with Gasteiger partial charge in [0, 0.05) is 24.2 Å². The molecule has 0 saturated heterocycles. The number of carbonyl (C=O) groups is 2. The molecule has 0 aliphatic rings. The average Bonchev–Trinajstić information content (AvgIpc) is 3.56. The highest BCUT2D eigenvalue weighted by Gasteiger charge is 2.27. The van der Waals surface area contributed by atoms with Crippen molar-refractivity contribution < 1.29 is 22.7 Å². The quantitative estimate of drug-likeness (QED) is 0.169. The maximum atomic E-state index is 13.4. The largest absolute Gasteiger partial charge is 0.462 e. The molecular formula is C31H29N3O5S3. The fraction of sp³-hybridized carbons (Fsp3) is 0.194. The van der Waals surface area contributed by atoms with Crippen molar-refractivity contribution in [3.8, 4) is 10.6 Å². The molecule has 0 fully saturated rings. The SMILES string of the molecule is CCOC(=O)c1sc(NC(=O)c2ccc(S(=O)(=O)N(CC)Cc3ccccc3)cc2)c(-c2nc3ccccc3s2)c1C. The zero-order chi connectivity index (χ0) is 29.9. The summed E-state index contributed by atoms with van der Waals surface area (Å²) in [4.78, 5) is 31.3. The fourth-order valence-corrected chi connectivity index (χ4v) is 8.16. The predicted octanol–water partition coefficient (Wildman–Crippen LogP) is 6.97. The van der Waals surface area contributed by atoms with Gasteiger partial charge in [-0.3, -0.25) is 4.79 Å². The molecule has 1 N–H and O–H groups in total. The molecule has 0 atom stereocenters. The summed E-state index contributed by atoms with van der Waals surface area (Å²) >= 11 is 2.61. The van der Waals surface area contributed by atoms with Crippen molar-refractivity contribution >= 4 is 59.8 Å². The first kappa shape index (κ1) is 29.6. The van der Waals surface area contributed by atoms with Gasteiger partial charge in [-0.1, -0.05) is 49.4 Å². The monoisotopic (exact) mass is 619 g/mol. The number of aromatic nitrogens is 1. The van der Waals surface area contributed by atoms with E-state index in [1.165, 1.54) is 39.9 Å². The minimum atomic E-state index is -3.78. The van der Waals surface area contributed by atoms with Gasteiger partial charge < -0.3 is 10.1 Å². The molecule has 0 aliphatic heterocycles. The van der Waals surface area contributed by atoms with Gasteiger partial charge in [0.15, 0.2) is 0 Å². The minimum absolute atomic E-state index is 0.101. The zero-order valence-corrected chi connectivity index (χ0v) is 25.7. The highest BCUT2D eigenvalue weighted by molar-refractivity contribution is 7.89. The van der Waals surface area contributed by atoms with Crippen molar-refractivity contribution in [2.24, 2.45) is 0 Å². The number of sulfonamides is 1. The van der Waals surface area contributed by atoms with Gasteiger partial charge in [-0.05, 0) is 61.4 Å². The highest BCUT2D eigenvalue weighted by Crippen LogP contribution is 2.43. The number of nitrogens with one attached hydrogen (secondary N) is 1. The molecule has 3 aromatic carbocycles. The van der Waals surface area contributed by atoms with Crippen molar-refractivity contribution in [2.75, 3.05) is 18.5 Å². The van der Waals surface area contributed by atoms with E-state index in [0.29, 0.717) is 32.6 Å². The summed E-state index contributed by atoms with van der Waals surface area (Å²) in [5, 5.41) is 4.08. The summed E-state index contributed by atoms with van der Waals surface area (Å²) in [6.45, 7) is 6.12. The normalized spacial score (nSPS) is 11.6. The summed E-state index contributed by atoms with van der Waals surface area (Å²) in [7, 11) is -3.78. The number of thiazole rings is 1. The average molecular weight is 620 g/mol. The molecule has 0 spiro atoms. The van der Waals surface area contributed by atoms with E-state index in [9.17, 15) is 18.0 Å². The molecule has 1 amide bonds. The van der Waals surface area contributed by atoms with Crippen LogP contribution < -0.4 is 5.32 Å². The Labute approximate surface area is 252 Å². The minimum Gasteiger partial charge on any atom is -0.462 e. The highest BCUT2D eigenvalue weighted by atomic mass is 32.2. The number of anilines is 1. The Morgan fingerprint density at radius 2 is 1.62 bits per heavy atom. The first-order valence-corrected chi connectivity index (χ1v) is 16.4. The maximum Gasteiger partial charge on any atom is 0.348 e. The number of para-hydroxylation sites is 1. The number of nitrogens with zero attached hydrogens (tertiary/aromatic N) is 2. The Bertz CT molecular complexity index is 1810. The van der Waals surface area contributed by atoms with Gasteiger partial charge in [0.25, 0.3) is 5.91 Å². The Kier molecular flexibility index (Phi) is 8.83. The van der Waals surface area contributed by atoms with Crippen LogP contribution in [0.5, 0.6) is 0 Å². The number of carbonyl (C=O) groups excluding carboxylic acids is 2. The van der Waals surface area contributed by atoms with E-state index in [1.54, 1.807) is 13.8 Å². The van der Waals surface area contributed by atoms with Crippen LogP contribution in [0, 0.1) is 6.92 Å². The Balaban J connectivity index is 1.43. The third-order valence-electron chi connectivity index (χ3n) is 6.65. The number of benzene rings is 3. The van der Waals surface area contributed by atoms with Crippen LogP contribution in [0.15, 0.2) is 83.8 Å². The third-order valence-corrected chi connectivity index (χ3v) is 10.8. The first-order chi connectivity index (χ1) is 20.2. The molecule has 2 heterocycles. The first-order valence-electron chi connectivity index (χ1n) is 13.3. The van der Waals surface area contributed by atoms with Crippen molar-refractivity contribution in [3.63, 3.8) is 0 Å². The lowest BCUT2D eigenvalue weighted by molar-refractivity contribution is 0.0531. The Morgan fingerprint density at radius 1 is 0.929 bits per heavy atom. The van der Waals surface area contributed by atoms with Crippen LogP contribution in [0.3, 0.4) is 0 Å². The fourth-order valence-electron chi connectivity index (χ4n) is 4.49. The van der Waals surface area contributed by atoms with Gasteiger partial charge in [-0.25, -0.2) is 18.2 Å². The lowest BCUT2D eigenvalue weighted by Crippen LogP contribution is -2.30. The molecular weight excluding hydrogens is 591 g/mol. The van der Waals surface area contributed by atoms with Crippen molar-refractivity contribution in [1.82, 2.24) is 9.29 Å². The number of thiophene rings is 1. The summed E-state index contributed by atoms with van der Waals surface area (Å²) in [6, 6.07) is 23.0. The van der Waals surface area contributed by atoms with E-state index in [4.69, 9.17) is 9.72 Å². The van der Waals surface area contributed by atoms with Gasteiger partial charge in [-0.15, -0.1) is 22.7 Å². The molecule has 0 saturated carbocycles. The third kappa shape index (κ3) is 6.00. The van der Waals surface area contributed by atoms with Crippen LogP contribution in [0.4, 0.5) is 5.00 Å². The Hall–Kier alpha value is -3.90. The van der Waals surface area contributed by atoms with E-state index in [-0.39, 0.29) is 23.6 Å². The molecule has 0 radical (unpaired) electrons. The van der Waals surface area contributed by atoms with Crippen molar-refractivity contribution in [2.45, 2.75) is 32.2 Å². The number of hydrogen-bond acceptors (Lipinski definition) is 8. The standard InChI is InChI=1S/C31H29N3O5S3/c1-4-34(19-21-11-7-6-8-12-21)42(37,38)23-17-15-22(16-18-23)28(35)33-30-26(20(3)27(41-30)31(36)39-5-2)29-32-24-13-9-10-14-25(24)40-29/h6-18H,4-5,19H2,1-3H3,(H,33,35). The smallest absolute Gasteiger partial charge is 0.348 e. The Morgan fingerprint density at radius 3 is 2.29 bits per heavy atom. The summed E-state index contributed by atoms with van der Waals surface area (Å²) < 4.78 is 34.3. The van der Waals surface area contributed by atoms with Gasteiger partial charge >= 0.3 is 5.97 Å². The van der Waals surface area contributed by atoms with Crippen LogP contribution in [0.1, 0.15) is 45.0 Å². The number of hydrogen-bond donors (Lipinski definition) is 1. The molecule has 11 heteroatoms. The molecule has 0 bridgehead atoms. The second-order valence-corrected chi connectivity index (χ2v) is 13.4. The van der Waals surface area contributed by atoms with Crippen molar-refractivity contribution in [3.05, 3.63) is 100 Å². The molecule has 5 rings (SSSR count). The number of ether oxygens (including phenoxy) is 1. The van der Waals surface area contributed by atoms with Gasteiger partial charge in [0.05, 0.1) is 21.7 Å². The van der Waals surface area contributed by atoms with E-state index < -0.39 is 21.9 Å². The van der Waals surface area contributed by atoms with Crippen molar-refractivity contribution in [1.29, 1.82) is 0 Å². The van der Waals surface area contributed by atoms with Gasteiger partial charge in [0.2, 0.25) is 10.0 Å². The molecule has 8 nitrogen and oxygen atoms in total. The van der Waals surface area contributed by atoms with E-state index >= 15 is 0 Å². The summed E-state index contributed by atoms with van der Waals surface area (Å²) in [6.07, 6.45) is 0. The molecule has 42 heavy (non-hydrogen) atoms. The topological polar surface area (TPSA) is 106 Å². The van der Waals surface area contributed by atoms with E-state index in [0.717, 1.165) is 27.1 Å². The van der Waals surface area contributed by atoms with Crippen LogP contribution >= 0.6 is 22.7 Å². The van der Waals surface area contributed by atoms with Crippen LogP contribution in [0.2, 0.25) is 0 Å². The molecule has 216 valence electrons.